The van der Waals surface area contributed by atoms with Crippen LogP contribution in [0.4, 0.5) is 5.69 Å². The number of halogens is 1. The minimum atomic E-state index is -0.432. The normalized spacial score (nSPS) is 22.6. The van der Waals surface area contributed by atoms with E-state index in [9.17, 15) is 4.79 Å². The maximum absolute atomic E-state index is 11.6. The Morgan fingerprint density at radius 2 is 2.00 bits per heavy atom. The molecule has 5 heteroatoms. The van der Waals surface area contributed by atoms with E-state index >= 15 is 0 Å². The van der Waals surface area contributed by atoms with Gasteiger partial charge in [0, 0.05) is 29.8 Å². The van der Waals surface area contributed by atoms with E-state index in [1.54, 1.807) is 12.1 Å². The predicted molar refractivity (Wildman–Crippen MR) is 83.5 cm³/mol. The fourth-order valence-electron chi connectivity index (χ4n) is 2.96. The molecule has 1 aromatic rings. The first kappa shape index (κ1) is 15.1. The van der Waals surface area contributed by atoms with E-state index in [1.165, 1.54) is 0 Å². The van der Waals surface area contributed by atoms with E-state index in [4.69, 9.17) is 17.3 Å². The van der Waals surface area contributed by atoms with E-state index in [-0.39, 0.29) is 0 Å². The van der Waals surface area contributed by atoms with Crippen LogP contribution < -0.4 is 16.0 Å². The number of primary amides is 1. The Bertz CT molecular complexity index is 484. The van der Waals surface area contributed by atoms with Gasteiger partial charge in [0.1, 0.15) is 0 Å². The summed E-state index contributed by atoms with van der Waals surface area (Å²) in [5.41, 5.74) is 6.83. The highest BCUT2D eigenvalue weighted by Gasteiger charge is 2.25. The molecule has 4 nitrogen and oxygen atoms in total. The Kier molecular flexibility index (Phi) is 4.89. The van der Waals surface area contributed by atoms with Gasteiger partial charge in [0.2, 0.25) is 0 Å². The maximum atomic E-state index is 11.6. The number of nitrogens with one attached hydrogen (secondary N) is 1. The summed E-state index contributed by atoms with van der Waals surface area (Å²) in [7, 11) is 4.04. The molecule has 2 rings (SSSR count). The fourth-order valence-corrected chi connectivity index (χ4v) is 3.13. The number of hydrogen-bond donors (Lipinski definition) is 2. The van der Waals surface area contributed by atoms with Crippen molar-refractivity contribution in [3.63, 3.8) is 0 Å². The van der Waals surface area contributed by atoms with Crippen molar-refractivity contribution in [2.24, 2.45) is 5.73 Å². The van der Waals surface area contributed by atoms with Crippen molar-refractivity contribution in [3.05, 3.63) is 28.8 Å². The Balaban J connectivity index is 2.17. The zero-order chi connectivity index (χ0) is 14.7. The number of hydrogen-bond acceptors (Lipinski definition) is 3. The Morgan fingerprint density at radius 3 is 2.55 bits per heavy atom. The van der Waals surface area contributed by atoms with Crippen LogP contribution in [-0.4, -0.2) is 32.1 Å². The summed E-state index contributed by atoms with van der Waals surface area (Å²) in [5, 5.41) is 3.87. The predicted octanol–water partition coefficient (Wildman–Crippen LogP) is 2.41. The van der Waals surface area contributed by atoms with Gasteiger partial charge in [-0.25, -0.2) is 0 Å². The van der Waals surface area contributed by atoms with Crippen LogP contribution in [0.15, 0.2) is 18.2 Å². The highest BCUT2D eigenvalue weighted by Crippen LogP contribution is 2.30. The zero-order valence-corrected chi connectivity index (χ0v) is 12.8. The second kappa shape index (κ2) is 6.46. The topological polar surface area (TPSA) is 58.4 Å². The van der Waals surface area contributed by atoms with Crippen molar-refractivity contribution in [3.8, 4) is 0 Å². The molecule has 0 radical (unpaired) electrons. The Morgan fingerprint density at radius 1 is 1.35 bits per heavy atom. The molecular weight excluding hydrogens is 274 g/mol. The lowest BCUT2D eigenvalue weighted by Gasteiger charge is -2.36. The minimum absolute atomic E-state index is 0.432. The summed E-state index contributed by atoms with van der Waals surface area (Å²) in [6, 6.07) is 6.39. The van der Waals surface area contributed by atoms with Crippen molar-refractivity contribution >= 4 is 23.2 Å². The van der Waals surface area contributed by atoms with Crippen LogP contribution in [0.5, 0.6) is 0 Å². The molecule has 1 aromatic carbocycles. The number of nitrogens with two attached hydrogens (primary N) is 1. The summed E-state index contributed by atoms with van der Waals surface area (Å²) in [4.78, 5) is 13.8. The third-order valence-electron chi connectivity index (χ3n) is 4.26. The van der Waals surface area contributed by atoms with Gasteiger partial charge in [0.25, 0.3) is 5.91 Å². The fraction of sp³-hybridized carbons (Fsp3) is 0.533. The highest BCUT2D eigenvalue weighted by molar-refractivity contribution is 6.31. The lowest BCUT2D eigenvalue weighted by atomic mass is 9.90. The van der Waals surface area contributed by atoms with Crippen LogP contribution in [-0.2, 0) is 0 Å². The molecule has 0 saturated heterocycles. The average Bonchev–Trinajstić information content (AvgIpc) is 2.46. The van der Waals surface area contributed by atoms with E-state index < -0.39 is 5.91 Å². The smallest absolute Gasteiger partial charge is 0.250 e. The first-order valence-electron chi connectivity index (χ1n) is 7.02. The van der Waals surface area contributed by atoms with Crippen molar-refractivity contribution in [2.45, 2.75) is 37.8 Å². The lowest BCUT2D eigenvalue weighted by Crippen LogP contribution is -2.40. The van der Waals surface area contributed by atoms with Gasteiger partial charge >= 0.3 is 0 Å². The molecule has 1 aliphatic carbocycles. The molecule has 0 bridgehead atoms. The minimum Gasteiger partial charge on any atom is -0.371 e. The van der Waals surface area contributed by atoms with Crippen molar-refractivity contribution < 1.29 is 4.79 Å². The number of benzene rings is 1. The van der Waals surface area contributed by atoms with Gasteiger partial charge in [0.05, 0.1) is 5.56 Å². The molecule has 1 fully saturated rings. The van der Waals surface area contributed by atoms with Crippen molar-refractivity contribution in [2.75, 3.05) is 19.0 Å². The van der Waals surface area contributed by atoms with E-state index in [2.05, 4.69) is 10.2 Å². The molecule has 110 valence electrons. The molecule has 0 spiro atoms. The molecule has 0 aromatic heterocycles. The van der Waals surface area contributed by atoms with Gasteiger partial charge < -0.3 is 16.0 Å². The van der Waals surface area contributed by atoms with Gasteiger partial charge in [-0.15, -0.1) is 0 Å². The average molecular weight is 296 g/mol. The van der Waals surface area contributed by atoms with Crippen molar-refractivity contribution in [1.82, 2.24) is 5.32 Å². The maximum Gasteiger partial charge on any atom is 0.250 e. The molecule has 0 aliphatic heterocycles. The van der Waals surface area contributed by atoms with Gasteiger partial charge in [-0.2, -0.15) is 0 Å². The number of carbonyl (C=O) groups excluding carboxylic acids is 1. The van der Waals surface area contributed by atoms with E-state index in [0.717, 1.165) is 31.4 Å². The largest absolute Gasteiger partial charge is 0.371 e. The molecule has 1 aliphatic rings. The third kappa shape index (κ3) is 3.25. The van der Waals surface area contributed by atoms with Crippen LogP contribution >= 0.6 is 11.6 Å². The Hall–Kier alpha value is -1.26. The van der Waals surface area contributed by atoms with E-state index in [1.807, 2.05) is 20.2 Å². The van der Waals surface area contributed by atoms with Crippen LogP contribution in [0.3, 0.4) is 0 Å². The van der Waals surface area contributed by atoms with E-state index in [0.29, 0.717) is 22.7 Å². The highest BCUT2D eigenvalue weighted by atomic mass is 35.5. The van der Waals surface area contributed by atoms with Gasteiger partial charge in [-0.05, 0) is 50.9 Å². The first-order chi connectivity index (χ1) is 9.52. The SMILES string of the molecule is CNC1CCC(N(C)c2ccc(Cl)cc2C(N)=O)CC1. The van der Waals surface area contributed by atoms with Crippen molar-refractivity contribution in [1.29, 1.82) is 0 Å². The summed E-state index contributed by atoms with van der Waals surface area (Å²) >= 11 is 5.95. The standard InChI is InChI=1S/C15H22ClN3O/c1-18-11-4-6-12(7-5-11)19(2)14-8-3-10(16)9-13(14)15(17)20/h3,8-9,11-12,18H,4-7H2,1-2H3,(H2,17,20). The molecule has 0 atom stereocenters. The number of amides is 1. The quantitative estimate of drug-likeness (QED) is 0.897. The third-order valence-corrected chi connectivity index (χ3v) is 4.49. The zero-order valence-electron chi connectivity index (χ0n) is 12.0. The summed E-state index contributed by atoms with van der Waals surface area (Å²) in [6.45, 7) is 0. The van der Waals surface area contributed by atoms with Crippen LogP contribution in [0.25, 0.3) is 0 Å². The summed E-state index contributed by atoms with van der Waals surface area (Å²) in [6.07, 6.45) is 4.54. The van der Waals surface area contributed by atoms with Crippen LogP contribution in [0.2, 0.25) is 5.02 Å². The van der Waals surface area contributed by atoms with Gasteiger partial charge in [0.15, 0.2) is 0 Å². The summed E-state index contributed by atoms with van der Waals surface area (Å²) < 4.78 is 0. The van der Waals surface area contributed by atoms with Gasteiger partial charge in [-0.1, -0.05) is 11.6 Å². The number of anilines is 1. The second-order valence-corrected chi connectivity index (χ2v) is 5.87. The summed E-state index contributed by atoms with van der Waals surface area (Å²) in [5.74, 6) is -0.432. The van der Waals surface area contributed by atoms with Gasteiger partial charge in [-0.3, -0.25) is 4.79 Å². The molecule has 20 heavy (non-hydrogen) atoms. The first-order valence-corrected chi connectivity index (χ1v) is 7.40. The lowest BCUT2D eigenvalue weighted by molar-refractivity contribution is 0.100. The second-order valence-electron chi connectivity index (χ2n) is 5.43. The number of carbonyl (C=O) groups is 1. The number of rotatable bonds is 4. The molecule has 0 heterocycles. The molecule has 0 unspecified atom stereocenters. The monoisotopic (exact) mass is 295 g/mol. The molecule has 1 amide bonds. The molecule has 3 N–H and O–H groups in total. The molecular formula is C15H22ClN3O. The number of nitrogens with zero attached hydrogens (tertiary/aromatic N) is 1. The van der Waals surface area contributed by atoms with Crippen LogP contribution in [0, 0.1) is 0 Å². The Labute approximate surface area is 125 Å². The molecule has 1 saturated carbocycles. The van der Waals surface area contributed by atoms with Crippen LogP contribution in [0.1, 0.15) is 36.0 Å².